The maximum atomic E-state index is 12.8. The molecule has 0 saturated carbocycles. The van der Waals surface area contributed by atoms with Gasteiger partial charge in [0, 0.05) is 6.20 Å². The number of nitrogens with two attached hydrogens (primary N) is 1. The van der Waals surface area contributed by atoms with Crippen molar-refractivity contribution in [2.45, 2.75) is 38.4 Å². The van der Waals surface area contributed by atoms with E-state index >= 15 is 0 Å². The van der Waals surface area contributed by atoms with Gasteiger partial charge in [-0.05, 0) is 65.9 Å². The van der Waals surface area contributed by atoms with E-state index in [-0.39, 0.29) is 22.5 Å². The highest BCUT2D eigenvalue weighted by molar-refractivity contribution is 8.16. The molecule has 3 N–H and O–H groups in total. The first-order valence-electron chi connectivity index (χ1n) is 13.5. The molecule has 0 bridgehead atoms. The van der Waals surface area contributed by atoms with E-state index in [2.05, 4.69) is 33.8 Å². The summed E-state index contributed by atoms with van der Waals surface area (Å²) in [5.74, 6) is -0.407. The molecule has 0 radical (unpaired) electrons. The van der Waals surface area contributed by atoms with Crippen LogP contribution in [-0.4, -0.2) is 44.2 Å². The molecule has 1 saturated heterocycles. The van der Waals surface area contributed by atoms with Crippen LogP contribution in [0.25, 0.3) is 5.69 Å². The number of ether oxygens (including phenoxy) is 1. The first kappa shape index (κ1) is 30.5. The maximum Gasteiger partial charge on any atom is 0.573 e. The predicted molar refractivity (Wildman–Crippen MR) is 165 cm³/mol. The molecule has 1 atom stereocenters. The molecule has 13 heteroatoms. The number of carbonyl (C=O) groups is 1. The SMILES string of the molecule is Cc1nn(-c2ccc(/C=N/N3C(=O)C(=N)SC3c3ccccc3C(C)C)cc2)cc1C(N)=Nc1ccc(OC(F)(F)F)cc1. The second kappa shape index (κ2) is 12.4. The van der Waals surface area contributed by atoms with Gasteiger partial charge in [-0.25, -0.2) is 14.7 Å². The Balaban J connectivity index is 1.31. The van der Waals surface area contributed by atoms with Crippen LogP contribution < -0.4 is 10.5 Å². The minimum Gasteiger partial charge on any atom is -0.406 e. The number of benzene rings is 3. The van der Waals surface area contributed by atoms with E-state index in [1.165, 1.54) is 28.9 Å². The average Bonchev–Trinajstić information content (AvgIpc) is 3.51. The molecule has 4 aromatic rings. The number of amides is 1. The number of aliphatic imine (C=N–C) groups is 1. The van der Waals surface area contributed by atoms with Crippen LogP contribution >= 0.6 is 11.8 Å². The van der Waals surface area contributed by atoms with Gasteiger partial charge in [0.25, 0.3) is 5.91 Å². The quantitative estimate of drug-likeness (QED) is 0.166. The van der Waals surface area contributed by atoms with E-state index < -0.39 is 17.6 Å². The molecule has 0 aliphatic carbocycles. The third-order valence-electron chi connectivity index (χ3n) is 6.72. The summed E-state index contributed by atoms with van der Waals surface area (Å²) in [4.78, 5) is 17.1. The van der Waals surface area contributed by atoms with Gasteiger partial charge in [0.1, 0.15) is 17.0 Å². The van der Waals surface area contributed by atoms with Crippen molar-refractivity contribution in [1.82, 2.24) is 14.8 Å². The second-order valence-corrected chi connectivity index (χ2v) is 11.3. The van der Waals surface area contributed by atoms with E-state index in [0.717, 1.165) is 34.5 Å². The molecule has 1 fully saturated rings. The topological polar surface area (TPSA) is 122 Å². The number of nitrogens with zero attached hydrogens (tertiary/aromatic N) is 5. The predicted octanol–water partition coefficient (Wildman–Crippen LogP) is 6.83. The fourth-order valence-corrected chi connectivity index (χ4v) is 5.61. The van der Waals surface area contributed by atoms with Crippen LogP contribution in [-0.2, 0) is 4.79 Å². The number of thioether (sulfide) groups is 1. The van der Waals surface area contributed by atoms with E-state index in [1.54, 1.807) is 24.0 Å². The number of nitrogens with one attached hydrogen (secondary N) is 1. The zero-order valence-corrected chi connectivity index (χ0v) is 24.7. The van der Waals surface area contributed by atoms with Gasteiger partial charge in [-0.15, -0.1) is 13.2 Å². The van der Waals surface area contributed by atoms with Crippen LogP contribution in [0, 0.1) is 12.3 Å². The Hall–Kier alpha value is -4.91. The van der Waals surface area contributed by atoms with Crippen LogP contribution in [0.4, 0.5) is 18.9 Å². The van der Waals surface area contributed by atoms with Crippen molar-refractivity contribution in [2.75, 3.05) is 0 Å². The number of rotatable bonds is 8. The summed E-state index contributed by atoms with van der Waals surface area (Å²) in [5.41, 5.74) is 11.3. The van der Waals surface area contributed by atoms with Gasteiger partial charge in [-0.2, -0.15) is 10.2 Å². The molecule has 1 aromatic heterocycles. The molecule has 1 aliphatic heterocycles. The number of hydrazone groups is 1. The maximum absolute atomic E-state index is 12.8. The summed E-state index contributed by atoms with van der Waals surface area (Å²) >= 11 is 1.18. The molecule has 2 heterocycles. The van der Waals surface area contributed by atoms with Gasteiger partial charge < -0.3 is 10.5 Å². The van der Waals surface area contributed by atoms with Crippen molar-refractivity contribution < 1.29 is 22.7 Å². The van der Waals surface area contributed by atoms with Gasteiger partial charge in [-0.3, -0.25) is 10.2 Å². The lowest BCUT2D eigenvalue weighted by Gasteiger charge is -2.22. The van der Waals surface area contributed by atoms with Crippen LogP contribution in [0.3, 0.4) is 0 Å². The smallest absolute Gasteiger partial charge is 0.406 e. The third kappa shape index (κ3) is 6.83. The summed E-state index contributed by atoms with van der Waals surface area (Å²) in [7, 11) is 0. The van der Waals surface area contributed by atoms with Gasteiger partial charge >= 0.3 is 6.36 Å². The summed E-state index contributed by atoms with van der Waals surface area (Å²) in [6.45, 7) is 5.95. The number of amidine groups is 1. The Bertz CT molecular complexity index is 1750. The lowest BCUT2D eigenvalue weighted by Crippen LogP contribution is -2.25. The van der Waals surface area contributed by atoms with E-state index in [0.29, 0.717) is 16.9 Å². The highest BCUT2D eigenvalue weighted by Gasteiger charge is 2.39. The number of aromatic nitrogens is 2. The minimum absolute atomic E-state index is 0.0544. The molecule has 226 valence electrons. The Morgan fingerprint density at radius 3 is 2.43 bits per heavy atom. The van der Waals surface area contributed by atoms with Crippen molar-refractivity contribution in [1.29, 1.82) is 5.41 Å². The highest BCUT2D eigenvalue weighted by atomic mass is 32.2. The van der Waals surface area contributed by atoms with Crippen molar-refractivity contribution >= 4 is 40.5 Å². The van der Waals surface area contributed by atoms with Crippen LogP contribution in [0.5, 0.6) is 5.75 Å². The normalized spacial score (nSPS) is 16.0. The number of hydrogen-bond donors (Lipinski definition) is 2. The van der Waals surface area contributed by atoms with E-state index in [1.807, 2.05) is 48.5 Å². The summed E-state index contributed by atoms with van der Waals surface area (Å²) < 4.78 is 42.7. The Kier molecular flexibility index (Phi) is 8.59. The largest absolute Gasteiger partial charge is 0.573 e. The minimum atomic E-state index is -4.78. The number of carbonyl (C=O) groups excluding carboxylic acids is 1. The van der Waals surface area contributed by atoms with Crippen LogP contribution in [0.1, 0.15) is 53.1 Å². The van der Waals surface area contributed by atoms with Gasteiger partial charge in [0.15, 0.2) is 5.04 Å². The van der Waals surface area contributed by atoms with Gasteiger partial charge in [0.05, 0.1) is 28.8 Å². The van der Waals surface area contributed by atoms with Crippen LogP contribution in [0.2, 0.25) is 0 Å². The molecule has 44 heavy (non-hydrogen) atoms. The fourth-order valence-electron chi connectivity index (χ4n) is 4.60. The molecular weight excluding hydrogens is 591 g/mol. The van der Waals surface area contributed by atoms with Crippen molar-refractivity contribution in [3.05, 3.63) is 107 Å². The molecule has 3 aromatic carbocycles. The fraction of sp³-hybridized carbons (Fsp3) is 0.194. The highest BCUT2D eigenvalue weighted by Crippen LogP contribution is 2.42. The Morgan fingerprint density at radius 1 is 1.09 bits per heavy atom. The van der Waals surface area contributed by atoms with Gasteiger partial charge in [-0.1, -0.05) is 62.0 Å². The zero-order valence-electron chi connectivity index (χ0n) is 23.9. The van der Waals surface area contributed by atoms with Crippen LogP contribution in [0.15, 0.2) is 89.1 Å². The molecular formula is C31H28F3N7O2S. The first-order valence-corrected chi connectivity index (χ1v) is 14.4. The summed E-state index contributed by atoms with van der Waals surface area (Å²) in [6.07, 6.45) is -1.48. The van der Waals surface area contributed by atoms with Crippen molar-refractivity contribution in [2.24, 2.45) is 15.8 Å². The monoisotopic (exact) mass is 619 g/mol. The molecule has 1 aliphatic rings. The van der Waals surface area contributed by atoms with Gasteiger partial charge in [0.2, 0.25) is 0 Å². The summed E-state index contributed by atoms with van der Waals surface area (Å²) in [5, 5.41) is 18.0. The Labute approximate surface area is 255 Å². The summed E-state index contributed by atoms with van der Waals surface area (Å²) in [6, 6.07) is 20.3. The second-order valence-electron chi connectivity index (χ2n) is 10.2. The first-order chi connectivity index (χ1) is 20.9. The van der Waals surface area contributed by atoms with Crippen molar-refractivity contribution in [3.63, 3.8) is 0 Å². The number of hydrogen-bond acceptors (Lipinski definition) is 7. The number of alkyl halides is 3. The molecule has 0 spiro atoms. The molecule has 5 rings (SSSR count). The van der Waals surface area contributed by atoms with Crippen molar-refractivity contribution in [3.8, 4) is 11.4 Å². The molecule has 9 nitrogen and oxygen atoms in total. The zero-order chi connectivity index (χ0) is 31.6. The lowest BCUT2D eigenvalue weighted by molar-refractivity contribution is -0.274. The van der Waals surface area contributed by atoms with E-state index in [9.17, 15) is 18.0 Å². The lowest BCUT2D eigenvalue weighted by atomic mass is 9.97. The standard InChI is InChI=1S/C31H28F3N7O2S/c1-18(2)24-6-4-5-7-25(24)30-41(29(42)28(36)44-30)37-16-20-8-12-22(13-9-20)40-17-26(19(3)39-40)27(35)38-21-10-14-23(15-11-21)43-31(32,33)34/h4-18,30,36H,1-3H3,(H2,35,38)/b36-28?,37-16+. The number of aryl methyl sites for hydroxylation is 1. The van der Waals surface area contributed by atoms with E-state index in [4.69, 9.17) is 11.1 Å². The number of halogens is 3. The average molecular weight is 620 g/mol. The third-order valence-corrected chi connectivity index (χ3v) is 7.81. The molecule has 1 unspecified atom stereocenters. The molecule has 1 amide bonds. The Morgan fingerprint density at radius 2 is 1.77 bits per heavy atom.